The third kappa shape index (κ3) is 3.66. The number of nitrogens with zero attached hydrogens (tertiary/aromatic N) is 3. The van der Waals surface area contributed by atoms with Crippen LogP contribution in [0.2, 0.25) is 0 Å². The molecular weight excluding hydrogens is 359 g/mol. The number of carbonyl (C=O) groups excluding carboxylic acids is 1. The molecule has 0 saturated heterocycles. The van der Waals surface area contributed by atoms with Crippen LogP contribution in [0.1, 0.15) is 16.2 Å². The maximum Gasteiger partial charge on any atom is 0.255 e. The van der Waals surface area contributed by atoms with Gasteiger partial charge in [-0.25, -0.2) is 4.98 Å². The van der Waals surface area contributed by atoms with Crippen LogP contribution in [-0.2, 0) is 13.5 Å². The molecule has 0 bridgehead atoms. The summed E-state index contributed by atoms with van der Waals surface area (Å²) in [7, 11) is 1.79. The van der Waals surface area contributed by atoms with Gasteiger partial charge < -0.3 is 10.4 Å². The largest absolute Gasteiger partial charge is 0.507 e. The second-order valence-corrected chi connectivity index (χ2v) is 5.25. The summed E-state index contributed by atoms with van der Waals surface area (Å²) in [6, 6.07) is 4.89. The summed E-state index contributed by atoms with van der Waals surface area (Å²) in [5, 5.41) is 16.5. The van der Waals surface area contributed by atoms with Crippen molar-refractivity contribution in [3.63, 3.8) is 0 Å². The van der Waals surface area contributed by atoms with Gasteiger partial charge in [-0.2, -0.15) is 5.10 Å². The summed E-state index contributed by atoms with van der Waals surface area (Å²) in [4.78, 5) is 16.0. The number of aromatic hydroxyl groups is 1. The highest BCUT2D eigenvalue weighted by Gasteiger charge is 2.11. The molecule has 1 aromatic carbocycles. The van der Waals surface area contributed by atoms with Crippen molar-refractivity contribution in [1.82, 2.24) is 20.1 Å². The van der Waals surface area contributed by atoms with Crippen LogP contribution >= 0.6 is 22.6 Å². The Morgan fingerprint density at radius 3 is 3.00 bits per heavy atom. The summed E-state index contributed by atoms with van der Waals surface area (Å²) in [5.74, 6) is 0.357. The topological polar surface area (TPSA) is 80.0 Å². The van der Waals surface area contributed by atoms with E-state index in [9.17, 15) is 9.90 Å². The van der Waals surface area contributed by atoms with Gasteiger partial charge in [0.25, 0.3) is 5.91 Å². The Kier molecular flexibility index (Phi) is 4.35. The highest BCUT2D eigenvalue weighted by atomic mass is 127. The van der Waals surface area contributed by atoms with Crippen LogP contribution in [0.4, 0.5) is 0 Å². The third-order valence-corrected chi connectivity index (χ3v) is 3.16. The molecule has 2 aromatic rings. The molecule has 0 unspecified atom stereocenters. The number of amides is 1. The molecule has 0 aliphatic carbocycles. The van der Waals surface area contributed by atoms with Gasteiger partial charge >= 0.3 is 0 Å². The fourth-order valence-electron chi connectivity index (χ4n) is 1.57. The predicted molar refractivity (Wildman–Crippen MR) is 77.9 cm³/mol. The van der Waals surface area contributed by atoms with Crippen molar-refractivity contribution in [2.45, 2.75) is 6.42 Å². The van der Waals surface area contributed by atoms with Crippen molar-refractivity contribution in [3.05, 3.63) is 39.5 Å². The van der Waals surface area contributed by atoms with Gasteiger partial charge in [-0.3, -0.25) is 9.48 Å². The molecule has 19 heavy (non-hydrogen) atoms. The first-order chi connectivity index (χ1) is 9.06. The first-order valence-corrected chi connectivity index (χ1v) is 6.75. The van der Waals surface area contributed by atoms with Gasteiger partial charge in [0, 0.05) is 23.6 Å². The zero-order valence-corrected chi connectivity index (χ0v) is 12.5. The van der Waals surface area contributed by atoms with Crippen molar-refractivity contribution in [1.29, 1.82) is 0 Å². The average Bonchev–Trinajstić information content (AvgIpc) is 2.78. The Morgan fingerprint density at radius 2 is 2.32 bits per heavy atom. The van der Waals surface area contributed by atoms with Crippen LogP contribution in [0.5, 0.6) is 5.75 Å². The van der Waals surface area contributed by atoms with Crippen LogP contribution in [0.3, 0.4) is 0 Å². The minimum absolute atomic E-state index is 0.0196. The highest BCUT2D eigenvalue weighted by molar-refractivity contribution is 14.1. The smallest absolute Gasteiger partial charge is 0.255 e. The molecule has 1 amide bonds. The third-order valence-electron chi connectivity index (χ3n) is 2.48. The minimum Gasteiger partial charge on any atom is -0.507 e. The van der Waals surface area contributed by atoms with E-state index < -0.39 is 0 Å². The highest BCUT2D eigenvalue weighted by Crippen LogP contribution is 2.19. The number of aryl methyl sites for hydroxylation is 1. The Hall–Kier alpha value is -1.64. The number of halogens is 1. The SMILES string of the molecule is Cn1cnc(CCNC(=O)c2cc(I)ccc2O)n1. The number of carbonyl (C=O) groups is 1. The lowest BCUT2D eigenvalue weighted by Crippen LogP contribution is -2.26. The van der Waals surface area contributed by atoms with Crippen LogP contribution in [-0.4, -0.2) is 32.3 Å². The summed E-state index contributed by atoms with van der Waals surface area (Å²) in [6.07, 6.45) is 2.17. The van der Waals surface area contributed by atoms with E-state index >= 15 is 0 Å². The van der Waals surface area contributed by atoms with E-state index in [1.54, 1.807) is 30.2 Å². The number of phenolic OH excluding ortho intramolecular Hbond substituents is 1. The molecule has 0 aliphatic heterocycles. The Labute approximate surface area is 124 Å². The molecule has 6 nitrogen and oxygen atoms in total. The maximum atomic E-state index is 11.9. The van der Waals surface area contributed by atoms with Crippen molar-refractivity contribution in [2.24, 2.45) is 7.05 Å². The summed E-state index contributed by atoms with van der Waals surface area (Å²) in [6.45, 7) is 0.424. The number of rotatable bonds is 4. The first kappa shape index (κ1) is 13.8. The Morgan fingerprint density at radius 1 is 1.53 bits per heavy atom. The lowest BCUT2D eigenvalue weighted by molar-refractivity contribution is 0.0951. The second-order valence-electron chi connectivity index (χ2n) is 4.00. The predicted octanol–water partition coefficient (Wildman–Crippen LogP) is 1.10. The summed E-state index contributed by atoms with van der Waals surface area (Å²) in [5.41, 5.74) is 0.279. The van der Waals surface area contributed by atoms with Gasteiger partial charge in [0.2, 0.25) is 0 Å². The summed E-state index contributed by atoms with van der Waals surface area (Å²) < 4.78 is 2.51. The molecule has 0 fully saturated rings. The van der Waals surface area contributed by atoms with Gasteiger partial charge in [-0.1, -0.05) is 0 Å². The van der Waals surface area contributed by atoms with E-state index in [0.29, 0.717) is 18.8 Å². The lowest BCUT2D eigenvalue weighted by atomic mass is 10.2. The van der Waals surface area contributed by atoms with E-state index in [1.807, 2.05) is 0 Å². The van der Waals surface area contributed by atoms with Crippen LogP contribution in [0, 0.1) is 3.57 Å². The molecule has 1 heterocycles. The van der Waals surface area contributed by atoms with Gasteiger partial charge in [0.15, 0.2) is 5.82 Å². The van der Waals surface area contributed by atoms with Gasteiger partial charge in [0.05, 0.1) is 5.56 Å². The van der Waals surface area contributed by atoms with Crippen molar-refractivity contribution < 1.29 is 9.90 Å². The number of nitrogens with one attached hydrogen (secondary N) is 1. The van der Waals surface area contributed by atoms with Gasteiger partial charge in [-0.15, -0.1) is 0 Å². The normalized spacial score (nSPS) is 10.4. The number of phenols is 1. The van der Waals surface area contributed by atoms with E-state index in [-0.39, 0.29) is 17.2 Å². The average molecular weight is 372 g/mol. The number of hydrogen-bond acceptors (Lipinski definition) is 4. The molecular formula is C12H13IN4O2. The zero-order chi connectivity index (χ0) is 13.8. The fraction of sp³-hybridized carbons (Fsp3) is 0.250. The number of aromatic nitrogens is 3. The zero-order valence-electron chi connectivity index (χ0n) is 10.3. The maximum absolute atomic E-state index is 11.9. The van der Waals surface area contributed by atoms with Crippen LogP contribution in [0.25, 0.3) is 0 Å². The molecule has 1 aromatic heterocycles. The first-order valence-electron chi connectivity index (χ1n) is 5.67. The fourth-order valence-corrected chi connectivity index (χ4v) is 2.06. The van der Waals surface area contributed by atoms with Gasteiger partial charge in [-0.05, 0) is 40.8 Å². The molecule has 0 aliphatic rings. The molecule has 2 N–H and O–H groups in total. The standard InChI is InChI=1S/C12H13IN4O2/c1-17-7-15-11(16-17)4-5-14-12(19)9-6-8(13)2-3-10(9)18/h2-3,6-7,18H,4-5H2,1H3,(H,14,19). The molecule has 100 valence electrons. The minimum atomic E-state index is -0.299. The molecule has 0 saturated carbocycles. The van der Waals surface area contributed by atoms with E-state index in [0.717, 1.165) is 3.57 Å². The number of hydrogen-bond donors (Lipinski definition) is 2. The molecule has 2 rings (SSSR count). The summed E-state index contributed by atoms with van der Waals surface area (Å²) >= 11 is 2.09. The van der Waals surface area contributed by atoms with E-state index in [2.05, 4.69) is 38.0 Å². The monoisotopic (exact) mass is 372 g/mol. The lowest BCUT2D eigenvalue weighted by Gasteiger charge is -2.06. The van der Waals surface area contributed by atoms with Gasteiger partial charge in [0.1, 0.15) is 12.1 Å². The van der Waals surface area contributed by atoms with Crippen molar-refractivity contribution in [2.75, 3.05) is 6.54 Å². The van der Waals surface area contributed by atoms with Crippen LogP contribution in [0.15, 0.2) is 24.5 Å². The number of benzene rings is 1. The Bertz CT molecular complexity index is 597. The van der Waals surface area contributed by atoms with E-state index in [1.165, 1.54) is 6.07 Å². The van der Waals surface area contributed by atoms with Crippen molar-refractivity contribution in [3.8, 4) is 5.75 Å². The Balaban J connectivity index is 1.92. The molecule has 0 atom stereocenters. The molecule has 0 spiro atoms. The van der Waals surface area contributed by atoms with Crippen molar-refractivity contribution >= 4 is 28.5 Å². The molecule has 7 heteroatoms. The van der Waals surface area contributed by atoms with E-state index in [4.69, 9.17) is 0 Å². The molecule has 0 radical (unpaired) electrons. The van der Waals surface area contributed by atoms with Crippen LogP contribution < -0.4 is 5.32 Å². The quantitative estimate of drug-likeness (QED) is 0.788. The second kappa shape index (κ2) is 6.00.